The Morgan fingerprint density at radius 3 is 2.79 bits per heavy atom. The van der Waals surface area contributed by atoms with Gasteiger partial charge in [0.25, 0.3) is 0 Å². The molecule has 4 aromatic rings. The number of pyridine rings is 2. The van der Waals surface area contributed by atoms with Gasteiger partial charge >= 0.3 is 0 Å². The molecule has 0 atom stereocenters. The summed E-state index contributed by atoms with van der Waals surface area (Å²) in [7, 11) is 1.82. The number of para-hydroxylation sites is 1. The molecule has 1 fully saturated rings. The summed E-state index contributed by atoms with van der Waals surface area (Å²) in [6.45, 7) is 0. The highest BCUT2D eigenvalue weighted by Gasteiger charge is 2.29. The van der Waals surface area contributed by atoms with Crippen molar-refractivity contribution in [1.29, 1.82) is 0 Å². The van der Waals surface area contributed by atoms with Crippen LogP contribution in [-0.2, 0) is 4.79 Å². The lowest BCUT2D eigenvalue weighted by atomic mass is 10.1. The molecule has 0 spiro atoms. The molecule has 0 radical (unpaired) electrons. The lowest BCUT2D eigenvalue weighted by molar-refractivity contribution is -0.117. The maximum absolute atomic E-state index is 12.1. The molecule has 0 unspecified atom stereocenters. The van der Waals surface area contributed by atoms with Crippen LogP contribution in [0.15, 0.2) is 42.7 Å². The fourth-order valence-corrected chi connectivity index (χ4v) is 3.94. The monoisotopic (exact) mass is 399 g/mol. The number of thiazole rings is 1. The number of carbonyl (C=O) groups is 1. The smallest absolute Gasteiger partial charge is 0.228 e. The second-order valence-electron chi connectivity index (χ2n) is 6.89. The van der Waals surface area contributed by atoms with E-state index in [1.807, 2.05) is 37.4 Å². The Hall–Kier alpha value is -3.50. The highest BCUT2D eigenvalue weighted by Crippen LogP contribution is 2.31. The molecule has 3 heterocycles. The molecule has 6 nitrogen and oxygen atoms in total. The number of hydrogen-bond donors (Lipinski definition) is 2. The summed E-state index contributed by atoms with van der Waals surface area (Å²) >= 11 is 1.56. The first-order valence-electron chi connectivity index (χ1n) is 9.36. The number of benzene rings is 1. The van der Waals surface area contributed by atoms with Gasteiger partial charge in [0.05, 0.1) is 15.8 Å². The number of hydrogen-bond acceptors (Lipinski definition) is 6. The van der Waals surface area contributed by atoms with Crippen molar-refractivity contribution in [3.63, 3.8) is 0 Å². The van der Waals surface area contributed by atoms with E-state index in [2.05, 4.69) is 37.4 Å². The molecule has 142 valence electrons. The highest BCUT2D eigenvalue weighted by atomic mass is 32.1. The zero-order valence-corrected chi connectivity index (χ0v) is 16.5. The fourth-order valence-electron chi connectivity index (χ4n) is 3.12. The maximum Gasteiger partial charge on any atom is 0.228 e. The van der Waals surface area contributed by atoms with Crippen molar-refractivity contribution >= 4 is 49.9 Å². The van der Waals surface area contributed by atoms with Crippen LogP contribution in [-0.4, -0.2) is 27.9 Å². The van der Waals surface area contributed by atoms with Crippen LogP contribution in [0.5, 0.6) is 0 Å². The van der Waals surface area contributed by atoms with Crippen molar-refractivity contribution in [2.75, 3.05) is 17.7 Å². The number of nitrogens with zero attached hydrogens (tertiary/aromatic N) is 3. The molecular weight excluding hydrogens is 382 g/mol. The summed E-state index contributed by atoms with van der Waals surface area (Å²) in [4.78, 5) is 25.5. The molecule has 1 aliphatic rings. The van der Waals surface area contributed by atoms with E-state index in [4.69, 9.17) is 0 Å². The summed E-state index contributed by atoms with van der Waals surface area (Å²) in [5, 5.41) is 8.48. The van der Waals surface area contributed by atoms with E-state index < -0.39 is 0 Å². The minimum absolute atomic E-state index is 0.0295. The van der Waals surface area contributed by atoms with E-state index in [-0.39, 0.29) is 11.8 Å². The Morgan fingerprint density at radius 2 is 2.00 bits per heavy atom. The molecule has 0 bridgehead atoms. The molecule has 0 aliphatic heterocycles. The second-order valence-corrected chi connectivity index (χ2v) is 7.92. The number of rotatable bonds is 3. The standard InChI is InChI=1S/C22H17N5OS/c1-23-21-16-12-24-19(27-22(28)13-6-7-13)10-15(16)14(11-25-21)8-9-20-26-17-4-2-3-5-18(17)29-20/h2-5,10-13H,6-7H2,1H3,(H,23,25)(H,24,27,28). The van der Waals surface area contributed by atoms with Crippen LogP contribution < -0.4 is 10.6 Å². The van der Waals surface area contributed by atoms with Crippen LogP contribution in [0.4, 0.5) is 11.6 Å². The average Bonchev–Trinajstić information content (AvgIpc) is 3.51. The van der Waals surface area contributed by atoms with E-state index in [1.54, 1.807) is 23.7 Å². The lowest BCUT2D eigenvalue weighted by Gasteiger charge is -2.09. The molecule has 1 aliphatic carbocycles. The summed E-state index contributed by atoms with van der Waals surface area (Å²) in [6, 6.07) is 9.85. The fraction of sp³-hybridized carbons (Fsp3) is 0.182. The Morgan fingerprint density at radius 1 is 1.14 bits per heavy atom. The molecule has 1 amide bonds. The maximum atomic E-state index is 12.1. The third-order valence-electron chi connectivity index (χ3n) is 4.81. The van der Waals surface area contributed by atoms with Crippen molar-refractivity contribution in [2.24, 2.45) is 5.92 Å². The van der Waals surface area contributed by atoms with E-state index in [0.717, 1.165) is 50.2 Å². The van der Waals surface area contributed by atoms with Crippen molar-refractivity contribution in [3.8, 4) is 11.8 Å². The largest absolute Gasteiger partial charge is 0.373 e. The van der Waals surface area contributed by atoms with Gasteiger partial charge in [-0.15, -0.1) is 11.3 Å². The molecule has 1 aromatic carbocycles. The van der Waals surface area contributed by atoms with Gasteiger partial charge in [0.1, 0.15) is 11.6 Å². The second kappa shape index (κ2) is 7.15. The third-order valence-corrected chi connectivity index (χ3v) is 5.76. The molecular formula is C22H17N5OS. The zero-order valence-electron chi connectivity index (χ0n) is 15.7. The van der Waals surface area contributed by atoms with Gasteiger partial charge in [0.15, 0.2) is 5.01 Å². The van der Waals surface area contributed by atoms with Crippen LogP contribution in [0.1, 0.15) is 23.4 Å². The Bertz CT molecular complexity index is 1280. The van der Waals surface area contributed by atoms with Crippen molar-refractivity contribution in [3.05, 3.63) is 53.3 Å². The van der Waals surface area contributed by atoms with Gasteiger partial charge < -0.3 is 10.6 Å². The van der Waals surface area contributed by atoms with E-state index in [9.17, 15) is 4.79 Å². The first-order chi connectivity index (χ1) is 14.2. The Balaban J connectivity index is 1.56. The summed E-state index contributed by atoms with van der Waals surface area (Å²) in [6.07, 6.45) is 5.36. The predicted octanol–water partition coefficient (Wildman–Crippen LogP) is 4.03. The number of nitrogens with one attached hydrogen (secondary N) is 2. The van der Waals surface area contributed by atoms with Crippen LogP contribution in [0.3, 0.4) is 0 Å². The van der Waals surface area contributed by atoms with Crippen LogP contribution in [0.25, 0.3) is 21.0 Å². The molecule has 29 heavy (non-hydrogen) atoms. The molecule has 2 N–H and O–H groups in total. The number of aromatic nitrogens is 3. The first-order valence-corrected chi connectivity index (χ1v) is 10.2. The van der Waals surface area contributed by atoms with Gasteiger partial charge in [-0.25, -0.2) is 15.0 Å². The van der Waals surface area contributed by atoms with Gasteiger partial charge in [-0.1, -0.05) is 18.1 Å². The van der Waals surface area contributed by atoms with Crippen molar-refractivity contribution in [1.82, 2.24) is 15.0 Å². The van der Waals surface area contributed by atoms with Gasteiger partial charge in [0, 0.05) is 36.1 Å². The highest BCUT2D eigenvalue weighted by molar-refractivity contribution is 7.19. The summed E-state index contributed by atoms with van der Waals surface area (Å²) in [5.74, 6) is 7.76. The van der Waals surface area contributed by atoms with E-state index >= 15 is 0 Å². The summed E-state index contributed by atoms with van der Waals surface area (Å²) in [5.41, 5.74) is 1.71. The van der Waals surface area contributed by atoms with Crippen molar-refractivity contribution < 1.29 is 4.79 Å². The van der Waals surface area contributed by atoms with Gasteiger partial charge in [0.2, 0.25) is 5.91 Å². The third kappa shape index (κ3) is 3.50. The summed E-state index contributed by atoms with van der Waals surface area (Å²) < 4.78 is 1.11. The van der Waals surface area contributed by atoms with Gasteiger partial charge in [-0.3, -0.25) is 4.79 Å². The van der Waals surface area contributed by atoms with Gasteiger partial charge in [-0.05, 0) is 37.0 Å². The lowest BCUT2D eigenvalue weighted by Crippen LogP contribution is -2.14. The zero-order chi connectivity index (χ0) is 19.8. The molecule has 1 saturated carbocycles. The topological polar surface area (TPSA) is 79.8 Å². The van der Waals surface area contributed by atoms with Crippen molar-refractivity contribution in [2.45, 2.75) is 12.8 Å². The predicted molar refractivity (Wildman–Crippen MR) is 116 cm³/mol. The van der Waals surface area contributed by atoms with E-state index in [1.165, 1.54) is 0 Å². The first kappa shape index (κ1) is 17.6. The SMILES string of the molecule is CNc1ncc(C#Cc2nc3ccccc3s2)c2cc(NC(=O)C3CC3)ncc12. The van der Waals surface area contributed by atoms with Gasteiger partial charge in [-0.2, -0.15) is 0 Å². The van der Waals surface area contributed by atoms with Crippen LogP contribution in [0, 0.1) is 17.8 Å². The number of amides is 1. The molecule has 0 saturated heterocycles. The Kier molecular flexibility index (Phi) is 4.34. The minimum Gasteiger partial charge on any atom is -0.373 e. The van der Waals surface area contributed by atoms with Crippen LogP contribution in [0.2, 0.25) is 0 Å². The quantitative estimate of drug-likeness (QED) is 0.509. The number of anilines is 2. The van der Waals surface area contributed by atoms with E-state index in [0.29, 0.717) is 5.82 Å². The number of carbonyl (C=O) groups excluding carboxylic acids is 1. The molecule has 3 aromatic heterocycles. The minimum atomic E-state index is 0.0295. The van der Waals surface area contributed by atoms with Crippen LogP contribution >= 0.6 is 11.3 Å². The average molecular weight is 399 g/mol. The molecule has 5 rings (SSSR count). The normalized spacial score (nSPS) is 13.1. The Labute approximate surface area is 171 Å². The number of fused-ring (bicyclic) bond motifs is 2. The molecule has 7 heteroatoms.